The molecule has 9 heteroatoms. The van der Waals surface area contributed by atoms with Crippen molar-refractivity contribution in [3.05, 3.63) is 64.0 Å². The number of piperidine rings is 1. The van der Waals surface area contributed by atoms with Gasteiger partial charge in [0, 0.05) is 42.1 Å². The fraction of sp³-hybridized carbons (Fsp3) is 0.385. The van der Waals surface area contributed by atoms with E-state index in [1.807, 2.05) is 53.6 Å². The molecule has 0 aliphatic carbocycles. The highest BCUT2D eigenvalue weighted by atomic mass is 32.1. The number of benzene rings is 1. The molecular formula is C26H28N4O4S. The molecule has 4 heterocycles. The zero-order valence-electron chi connectivity index (χ0n) is 19.8. The molecule has 3 aromatic rings. The molecule has 2 aliphatic rings. The normalized spacial score (nSPS) is 20.9. The van der Waals surface area contributed by atoms with Crippen LogP contribution in [0.3, 0.4) is 0 Å². The number of aromatic nitrogens is 1. The maximum absolute atomic E-state index is 13.7. The smallest absolute Gasteiger partial charge is 0.228 e. The van der Waals surface area contributed by atoms with E-state index in [2.05, 4.69) is 10.5 Å². The molecule has 182 valence electrons. The summed E-state index contributed by atoms with van der Waals surface area (Å²) in [5.41, 5.74) is 1.93. The van der Waals surface area contributed by atoms with E-state index >= 15 is 0 Å². The van der Waals surface area contributed by atoms with Gasteiger partial charge in [-0.2, -0.15) is 0 Å². The molecule has 2 atom stereocenters. The van der Waals surface area contributed by atoms with Crippen molar-refractivity contribution in [2.45, 2.75) is 39.2 Å². The van der Waals surface area contributed by atoms with Crippen LogP contribution in [0.5, 0.6) is 0 Å². The molecule has 2 fully saturated rings. The third-order valence-corrected chi connectivity index (χ3v) is 7.79. The number of hydrogen-bond donors (Lipinski definition) is 1. The van der Waals surface area contributed by atoms with E-state index in [9.17, 15) is 14.4 Å². The number of hydrogen-bond acceptors (Lipinski definition) is 6. The third-order valence-electron chi connectivity index (χ3n) is 6.84. The van der Waals surface area contributed by atoms with Crippen molar-refractivity contribution < 1.29 is 18.9 Å². The molecule has 5 rings (SSSR count). The minimum Gasteiger partial charge on any atom is -0.360 e. The van der Waals surface area contributed by atoms with E-state index < -0.39 is 5.92 Å². The van der Waals surface area contributed by atoms with Crippen LogP contribution in [0.4, 0.5) is 11.5 Å². The number of carbonyl (C=O) groups is 3. The number of aryl methyl sites for hydroxylation is 2. The van der Waals surface area contributed by atoms with Crippen molar-refractivity contribution in [2.75, 3.05) is 23.3 Å². The van der Waals surface area contributed by atoms with Gasteiger partial charge in [-0.05, 0) is 50.3 Å². The summed E-state index contributed by atoms with van der Waals surface area (Å²) in [6.07, 6.45) is 1.32. The van der Waals surface area contributed by atoms with Gasteiger partial charge in [0.25, 0.3) is 0 Å². The highest BCUT2D eigenvalue weighted by Crippen LogP contribution is 2.44. The summed E-state index contributed by atoms with van der Waals surface area (Å²) in [6.45, 7) is 4.75. The van der Waals surface area contributed by atoms with E-state index in [0.717, 1.165) is 16.1 Å². The largest absolute Gasteiger partial charge is 0.360 e. The molecule has 3 amide bonds. The second-order valence-corrected chi connectivity index (χ2v) is 10.3. The number of likely N-dealkylation sites (tertiary alicyclic amines) is 1. The molecular weight excluding hydrogens is 464 g/mol. The fourth-order valence-electron chi connectivity index (χ4n) is 5.00. The molecule has 2 unspecified atom stereocenters. The topological polar surface area (TPSA) is 95.8 Å². The number of nitrogens with one attached hydrogen (secondary N) is 1. The van der Waals surface area contributed by atoms with Crippen LogP contribution in [0.15, 0.2) is 52.4 Å². The van der Waals surface area contributed by atoms with Gasteiger partial charge in [0.1, 0.15) is 5.76 Å². The van der Waals surface area contributed by atoms with Gasteiger partial charge in [-0.15, -0.1) is 11.3 Å². The fourth-order valence-corrected chi connectivity index (χ4v) is 5.88. The lowest BCUT2D eigenvalue weighted by molar-refractivity contribution is -0.139. The number of thiophene rings is 1. The Morgan fingerprint density at radius 3 is 2.49 bits per heavy atom. The molecule has 0 bridgehead atoms. The molecule has 2 aliphatic heterocycles. The molecule has 8 nitrogen and oxygen atoms in total. The molecule has 1 aromatic carbocycles. The van der Waals surface area contributed by atoms with E-state index in [1.54, 1.807) is 29.2 Å². The molecule has 2 aromatic heterocycles. The van der Waals surface area contributed by atoms with Crippen molar-refractivity contribution in [2.24, 2.45) is 11.8 Å². The quantitative estimate of drug-likeness (QED) is 0.572. The van der Waals surface area contributed by atoms with Crippen LogP contribution < -0.4 is 10.2 Å². The van der Waals surface area contributed by atoms with Crippen LogP contribution in [0, 0.1) is 25.7 Å². The lowest BCUT2D eigenvalue weighted by Crippen LogP contribution is -2.45. The van der Waals surface area contributed by atoms with Gasteiger partial charge in [-0.25, -0.2) is 0 Å². The molecule has 2 saturated heterocycles. The van der Waals surface area contributed by atoms with Crippen LogP contribution in [0.25, 0.3) is 0 Å². The van der Waals surface area contributed by atoms with E-state index in [1.165, 1.54) is 0 Å². The Labute approximate surface area is 207 Å². The van der Waals surface area contributed by atoms with E-state index in [-0.39, 0.29) is 36.1 Å². The Morgan fingerprint density at radius 1 is 1.11 bits per heavy atom. The summed E-state index contributed by atoms with van der Waals surface area (Å²) in [4.78, 5) is 44.1. The summed E-state index contributed by atoms with van der Waals surface area (Å²) in [6, 6.07) is 13.2. The maximum Gasteiger partial charge on any atom is 0.228 e. The second kappa shape index (κ2) is 9.65. The number of amides is 3. The van der Waals surface area contributed by atoms with Crippen LogP contribution in [0.1, 0.15) is 41.5 Å². The van der Waals surface area contributed by atoms with E-state index in [0.29, 0.717) is 37.5 Å². The van der Waals surface area contributed by atoms with Gasteiger partial charge >= 0.3 is 0 Å². The lowest BCUT2D eigenvalue weighted by Gasteiger charge is -2.34. The van der Waals surface area contributed by atoms with Gasteiger partial charge in [0.15, 0.2) is 5.82 Å². The van der Waals surface area contributed by atoms with Gasteiger partial charge < -0.3 is 19.6 Å². The SMILES string of the molecule is Cc1ccc(N2C(=O)CC(C(=O)N3CCC(C(=O)Nc4cc(C)on4)CC3)C2c2cccs2)cc1. The number of rotatable bonds is 5. The van der Waals surface area contributed by atoms with Crippen LogP contribution in [-0.4, -0.2) is 40.9 Å². The van der Waals surface area contributed by atoms with Gasteiger partial charge in [-0.3, -0.25) is 14.4 Å². The first kappa shape index (κ1) is 23.3. The number of carbonyl (C=O) groups excluding carboxylic acids is 3. The number of anilines is 2. The summed E-state index contributed by atoms with van der Waals surface area (Å²) in [7, 11) is 0. The van der Waals surface area contributed by atoms with Crippen molar-refractivity contribution in [1.82, 2.24) is 10.1 Å². The maximum atomic E-state index is 13.7. The monoisotopic (exact) mass is 492 g/mol. The summed E-state index contributed by atoms with van der Waals surface area (Å²) in [5.74, 6) is 0.227. The van der Waals surface area contributed by atoms with Gasteiger partial charge in [0.05, 0.1) is 12.0 Å². The zero-order valence-corrected chi connectivity index (χ0v) is 20.6. The van der Waals surface area contributed by atoms with Crippen molar-refractivity contribution >= 4 is 40.6 Å². The highest BCUT2D eigenvalue weighted by Gasteiger charge is 2.47. The Balaban J connectivity index is 1.29. The predicted molar refractivity (Wildman–Crippen MR) is 133 cm³/mol. The summed E-state index contributed by atoms with van der Waals surface area (Å²) >= 11 is 1.57. The van der Waals surface area contributed by atoms with Crippen molar-refractivity contribution in [1.29, 1.82) is 0 Å². The summed E-state index contributed by atoms with van der Waals surface area (Å²) in [5, 5.41) is 8.59. The Hall–Kier alpha value is -3.46. The molecule has 0 saturated carbocycles. The van der Waals surface area contributed by atoms with Crippen LogP contribution >= 0.6 is 11.3 Å². The molecule has 0 spiro atoms. The molecule has 1 N–H and O–H groups in total. The minimum absolute atomic E-state index is 0.0163. The number of nitrogens with zero attached hydrogens (tertiary/aromatic N) is 3. The summed E-state index contributed by atoms with van der Waals surface area (Å²) < 4.78 is 5.01. The van der Waals surface area contributed by atoms with E-state index in [4.69, 9.17) is 4.52 Å². The Bertz CT molecular complexity index is 1210. The third kappa shape index (κ3) is 4.73. The van der Waals surface area contributed by atoms with Crippen LogP contribution in [-0.2, 0) is 14.4 Å². The average molecular weight is 493 g/mol. The zero-order chi connectivity index (χ0) is 24.5. The average Bonchev–Trinajstić information content (AvgIpc) is 3.60. The standard InChI is InChI=1S/C26H28N4O4S/c1-16-5-7-19(8-6-16)30-23(31)15-20(24(30)21-4-3-13-35-21)26(33)29-11-9-18(10-12-29)25(32)27-22-14-17(2)34-28-22/h3-8,13-14,18,20,24H,9-12,15H2,1-2H3,(H,27,28,32). The first-order valence-electron chi connectivity index (χ1n) is 11.9. The predicted octanol–water partition coefficient (Wildman–Crippen LogP) is 4.32. The van der Waals surface area contributed by atoms with Crippen molar-refractivity contribution in [3.63, 3.8) is 0 Å². The first-order chi connectivity index (χ1) is 16.9. The second-order valence-electron chi connectivity index (χ2n) is 9.28. The lowest BCUT2D eigenvalue weighted by atomic mass is 9.92. The first-order valence-corrected chi connectivity index (χ1v) is 12.7. The van der Waals surface area contributed by atoms with Gasteiger partial charge in [-0.1, -0.05) is 28.9 Å². The van der Waals surface area contributed by atoms with Gasteiger partial charge in [0.2, 0.25) is 17.7 Å². The minimum atomic E-state index is -0.453. The Morgan fingerprint density at radius 2 is 1.86 bits per heavy atom. The Kier molecular flexibility index (Phi) is 6.42. The highest BCUT2D eigenvalue weighted by molar-refractivity contribution is 7.10. The molecule has 0 radical (unpaired) electrons. The van der Waals surface area contributed by atoms with Crippen LogP contribution in [0.2, 0.25) is 0 Å². The van der Waals surface area contributed by atoms with Crippen molar-refractivity contribution in [3.8, 4) is 0 Å². The molecule has 35 heavy (non-hydrogen) atoms.